The zero-order valence-corrected chi connectivity index (χ0v) is 9.93. The van der Waals surface area contributed by atoms with Crippen molar-refractivity contribution in [1.29, 1.82) is 0 Å². The number of hydrogen-bond donors (Lipinski definition) is 0. The fourth-order valence-corrected chi connectivity index (χ4v) is 1.60. The molecule has 1 rings (SSSR count). The molecule has 0 N–H and O–H groups in total. The van der Waals surface area contributed by atoms with Gasteiger partial charge < -0.3 is 9.47 Å². The first-order valence-electron chi connectivity index (χ1n) is 5.18. The van der Waals surface area contributed by atoms with Gasteiger partial charge in [-0.3, -0.25) is 14.4 Å². The molecule has 5 nitrogen and oxygen atoms in total. The van der Waals surface area contributed by atoms with Crippen molar-refractivity contribution in [2.45, 2.75) is 33.0 Å². The molecule has 2 atom stereocenters. The molecule has 0 saturated carbocycles. The molecule has 1 aliphatic rings. The summed E-state index contributed by atoms with van der Waals surface area (Å²) in [6.45, 7) is 4.21. The van der Waals surface area contributed by atoms with Crippen LogP contribution in [0.4, 0.5) is 0 Å². The van der Waals surface area contributed by atoms with E-state index in [-0.39, 0.29) is 5.78 Å². The molecule has 0 aromatic heterocycles. The van der Waals surface area contributed by atoms with Crippen LogP contribution in [0.1, 0.15) is 20.8 Å². The zero-order chi connectivity index (χ0) is 13.0. The molecule has 0 aliphatic heterocycles. The highest BCUT2D eigenvalue weighted by atomic mass is 16.6. The summed E-state index contributed by atoms with van der Waals surface area (Å²) in [5.41, 5.74) is 0.527. The number of carbonyl (C=O) groups is 3. The quantitative estimate of drug-likeness (QED) is 0.684. The highest BCUT2D eigenvalue weighted by Gasteiger charge is 2.40. The lowest BCUT2D eigenvalue weighted by atomic mass is 10.1. The Hall–Kier alpha value is -1.91. The first-order chi connectivity index (χ1) is 7.95. The van der Waals surface area contributed by atoms with Crippen LogP contribution in [0.15, 0.2) is 23.8 Å². The number of rotatable bonds is 3. The van der Waals surface area contributed by atoms with E-state index in [4.69, 9.17) is 9.47 Å². The van der Waals surface area contributed by atoms with Gasteiger partial charge in [-0.05, 0) is 13.0 Å². The van der Waals surface area contributed by atoms with Gasteiger partial charge in [0.05, 0.1) is 0 Å². The average molecular weight is 238 g/mol. The zero-order valence-electron chi connectivity index (χ0n) is 9.93. The second-order valence-corrected chi connectivity index (χ2v) is 3.61. The lowest BCUT2D eigenvalue weighted by Crippen LogP contribution is -2.36. The Kier molecular flexibility index (Phi) is 4.20. The molecule has 0 saturated heterocycles. The van der Waals surface area contributed by atoms with E-state index >= 15 is 0 Å². The van der Waals surface area contributed by atoms with Gasteiger partial charge in [0.15, 0.2) is 6.10 Å². The number of carbonyl (C=O) groups excluding carboxylic acids is 3. The predicted molar refractivity (Wildman–Crippen MR) is 59.0 cm³/mol. The van der Waals surface area contributed by atoms with Crippen molar-refractivity contribution in [3.05, 3.63) is 23.8 Å². The summed E-state index contributed by atoms with van der Waals surface area (Å²) in [6.07, 6.45) is 2.77. The molecule has 0 heterocycles. The van der Waals surface area contributed by atoms with Gasteiger partial charge in [-0.2, -0.15) is 0 Å². The fraction of sp³-hybridized carbons (Fsp3) is 0.417. The summed E-state index contributed by atoms with van der Waals surface area (Å²) in [5.74, 6) is -1.49. The van der Waals surface area contributed by atoms with Gasteiger partial charge >= 0.3 is 11.9 Å². The molecule has 0 aromatic rings. The highest BCUT2D eigenvalue weighted by molar-refractivity contribution is 6.00. The molecule has 0 spiro atoms. The van der Waals surface area contributed by atoms with Crippen LogP contribution in [0.25, 0.3) is 0 Å². The predicted octanol–water partition coefficient (Wildman–Crippen LogP) is 0.935. The second-order valence-electron chi connectivity index (χ2n) is 3.61. The molecule has 0 amide bonds. The highest BCUT2D eigenvalue weighted by Crippen LogP contribution is 2.24. The van der Waals surface area contributed by atoms with Crippen LogP contribution in [-0.2, 0) is 23.9 Å². The minimum Gasteiger partial charge on any atom is -0.453 e. The first kappa shape index (κ1) is 13.2. The van der Waals surface area contributed by atoms with E-state index in [0.717, 1.165) is 0 Å². The molecular weight excluding hydrogens is 224 g/mol. The average Bonchev–Trinajstić information content (AvgIpc) is 2.45. The minimum atomic E-state index is -1.07. The number of hydrogen-bond acceptors (Lipinski definition) is 5. The Morgan fingerprint density at radius 3 is 2.18 bits per heavy atom. The summed E-state index contributed by atoms with van der Waals surface area (Å²) in [7, 11) is 0. The van der Waals surface area contributed by atoms with Crippen LogP contribution in [-0.4, -0.2) is 29.9 Å². The van der Waals surface area contributed by atoms with Crippen molar-refractivity contribution < 1.29 is 23.9 Å². The Balaban J connectivity index is 2.94. The van der Waals surface area contributed by atoms with Crippen LogP contribution < -0.4 is 0 Å². The Morgan fingerprint density at radius 2 is 1.71 bits per heavy atom. The van der Waals surface area contributed by atoms with Crippen LogP contribution in [0.5, 0.6) is 0 Å². The van der Waals surface area contributed by atoms with Crippen LogP contribution >= 0.6 is 0 Å². The molecule has 1 aliphatic carbocycles. The normalized spacial score (nSPS) is 23.7. The molecule has 0 bridgehead atoms. The third-order valence-electron chi connectivity index (χ3n) is 2.14. The lowest BCUT2D eigenvalue weighted by molar-refractivity contribution is -0.163. The standard InChI is InChI=1S/C12H14O5/c1-4-5-9-6-10(15)12(17-8(3)14)11(9)16-7(2)13/h4-6,11-12H,1-3H3. The maximum Gasteiger partial charge on any atom is 0.303 e. The number of ether oxygens (including phenoxy) is 2. The third-order valence-corrected chi connectivity index (χ3v) is 2.14. The van der Waals surface area contributed by atoms with E-state index in [1.165, 1.54) is 19.9 Å². The fourth-order valence-electron chi connectivity index (χ4n) is 1.60. The van der Waals surface area contributed by atoms with E-state index in [1.54, 1.807) is 19.1 Å². The summed E-state index contributed by atoms with van der Waals surface area (Å²) in [4.78, 5) is 33.5. The van der Waals surface area contributed by atoms with Crippen LogP contribution in [0, 0.1) is 0 Å². The van der Waals surface area contributed by atoms with Crippen molar-refractivity contribution >= 4 is 17.7 Å². The number of esters is 2. The SMILES string of the molecule is CC=CC1=CC(=O)C(OC(C)=O)C1OC(C)=O. The summed E-state index contributed by atoms with van der Waals surface area (Å²) in [5, 5.41) is 0. The summed E-state index contributed by atoms with van der Waals surface area (Å²) < 4.78 is 9.87. The Bertz CT molecular complexity index is 405. The van der Waals surface area contributed by atoms with Gasteiger partial charge in [0, 0.05) is 19.4 Å². The molecule has 0 radical (unpaired) electrons. The second kappa shape index (κ2) is 5.43. The van der Waals surface area contributed by atoms with Gasteiger partial charge in [0.25, 0.3) is 0 Å². The van der Waals surface area contributed by atoms with Crippen molar-refractivity contribution in [1.82, 2.24) is 0 Å². The summed E-state index contributed by atoms with van der Waals surface area (Å²) in [6, 6.07) is 0. The van der Waals surface area contributed by atoms with Crippen molar-refractivity contribution in [3.8, 4) is 0 Å². The monoisotopic (exact) mass is 238 g/mol. The van der Waals surface area contributed by atoms with Gasteiger partial charge in [-0.1, -0.05) is 12.2 Å². The Morgan fingerprint density at radius 1 is 1.18 bits per heavy atom. The Labute approximate surface area is 99.1 Å². The third kappa shape index (κ3) is 3.27. The molecule has 0 aromatic carbocycles. The van der Waals surface area contributed by atoms with Crippen LogP contribution in [0.3, 0.4) is 0 Å². The van der Waals surface area contributed by atoms with E-state index in [9.17, 15) is 14.4 Å². The molecule has 2 unspecified atom stereocenters. The molecule has 0 fully saturated rings. The molecular formula is C12H14O5. The largest absolute Gasteiger partial charge is 0.453 e. The van der Waals surface area contributed by atoms with Gasteiger partial charge in [-0.15, -0.1) is 0 Å². The van der Waals surface area contributed by atoms with Gasteiger partial charge in [0.2, 0.25) is 11.9 Å². The molecule has 92 valence electrons. The number of ketones is 1. The minimum absolute atomic E-state index is 0.375. The smallest absolute Gasteiger partial charge is 0.303 e. The molecule has 5 heteroatoms. The summed E-state index contributed by atoms with van der Waals surface area (Å²) >= 11 is 0. The van der Waals surface area contributed by atoms with Crippen molar-refractivity contribution in [3.63, 3.8) is 0 Å². The first-order valence-corrected chi connectivity index (χ1v) is 5.18. The van der Waals surface area contributed by atoms with E-state index in [1.807, 2.05) is 0 Å². The maximum absolute atomic E-state index is 11.6. The van der Waals surface area contributed by atoms with Gasteiger partial charge in [-0.25, -0.2) is 0 Å². The van der Waals surface area contributed by atoms with E-state index < -0.39 is 24.1 Å². The van der Waals surface area contributed by atoms with Crippen molar-refractivity contribution in [2.75, 3.05) is 0 Å². The molecule has 17 heavy (non-hydrogen) atoms. The topological polar surface area (TPSA) is 69.7 Å². The van der Waals surface area contributed by atoms with Gasteiger partial charge in [0.1, 0.15) is 0 Å². The number of allylic oxidation sites excluding steroid dienone is 1. The maximum atomic E-state index is 11.6. The van der Waals surface area contributed by atoms with Crippen molar-refractivity contribution in [2.24, 2.45) is 0 Å². The van der Waals surface area contributed by atoms with Crippen LogP contribution in [0.2, 0.25) is 0 Å². The van der Waals surface area contributed by atoms with E-state index in [0.29, 0.717) is 5.57 Å². The van der Waals surface area contributed by atoms with E-state index in [2.05, 4.69) is 0 Å². The lowest BCUT2D eigenvalue weighted by Gasteiger charge is -2.19.